The molecule has 2 heteroatoms. The molecule has 0 bridgehead atoms. The molecule has 0 aromatic heterocycles. The SMILES string of the molecule is CN1CCN(Cc2ccccc2C(C)(C)C)CC1. The minimum absolute atomic E-state index is 0.239. The summed E-state index contributed by atoms with van der Waals surface area (Å²) in [5.74, 6) is 0. The smallest absolute Gasteiger partial charge is 0.0237 e. The summed E-state index contributed by atoms with van der Waals surface area (Å²) in [6.07, 6.45) is 0. The van der Waals surface area contributed by atoms with Gasteiger partial charge in [-0.05, 0) is 23.6 Å². The van der Waals surface area contributed by atoms with Gasteiger partial charge in [-0.1, -0.05) is 45.0 Å². The molecule has 0 amide bonds. The van der Waals surface area contributed by atoms with Crippen molar-refractivity contribution in [2.45, 2.75) is 32.7 Å². The molecule has 0 unspecified atom stereocenters. The van der Waals surface area contributed by atoms with Gasteiger partial charge in [0.15, 0.2) is 0 Å². The average Bonchev–Trinajstić information content (AvgIpc) is 2.31. The molecule has 1 aliphatic rings. The Morgan fingerprint density at radius 2 is 1.61 bits per heavy atom. The monoisotopic (exact) mass is 246 g/mol. The summed E-state index contributed by atoms with van der Waals surface area (Å²) in [4.78, 5) is 4.98. The van der Waals surface area contributed by atoms with E-state index in [1.165, 1.54) is 37.3 Å². The second-order valence-electron chi connectivity index (χ2n) is 6.49. The highest BCUT2D eigenvalue weighted by Crippen LogP contribution is 2.26. The number of hydrogen-bond donors (Lipinski definition) is 0. The van der Waals surface area contributed by atoms with Gasteiger partial charge in [0.2, 0.25) is 0 Å². The Hall–Kier alpha value is -0.860. The third kappa shape index (κ3) is 3.33. The van der Waals surface area contributed by atoms with E-state index in [1.54, 1.807) is 0 Å². The van der Waals surface area contributed by atoms with Gasteiger partial charge < -0.3 is 4.90 Å². The fourth-order valence-corrected chi connectivity index (χ4v) is 2.64. The van der Waals surface area contributed by atoms with E-state index >= 15 is 0 Å². The van der Waals surface area contributed by atoms with Gasteiger partial charge in [-0.2, -0.15) is 0 Å². The highest BCUT2D eigenvalue weighted by atomic mass is 15.2. The fraction of sp³-hybridized carbons (Fsp3) is 0.625. The van der Waals surface area contributed by atoms with Crippen molar-refractivity contribution in [3.63, 3.8) is 0 Å². The predicted octanol–water partition coefficient (Wildman–Crippen LogP) is 2.73. The number of likely N-dealkylation sites (N-methyl/N-ethyl adjacent to an activating group) is 1. The van der Waals surface area contributed by atoms with Gasteiger partial charge in [-0.3, -0.25) is 4.90 Å². The van der Waals surface area contributed by atoms with Crippen LogP contribution in [0.1, 0.15) is 31.9 Å². The van der Waals surface area contributed by atoms with Gasteiger partial charge in [-0.15, -0.1) is 0 Å². The first-order chi connectivity index (χ1) is 8.47. The fourth-order valence-electron chi connectivity index (χ4n) is 2.64. The molecule has 0 spiro atoms. The largest absolute Gasteiger partial charge is 0.304 e. The van der Waals surface area contributed by atoms with Crippen LogP contribution < -0.4 is 0 Å². The molecule has 1 heterocycles. The van der Waals surface area contributed by atoms with Gasteiger partial charge in [-0.25, -0.2) is 0 Å². The molecule has 1 aromatic rings. The number of rotatable bonds is 2. The topological polar surface area (TPSA) is 6.48 Å². The Balaban J connectivity index is 2.10. The zero-order valence-corrected chi connectivity index (χ0v) is 12.2. The summed E-state index contributed by atoms with van der Waals surface area (Å²) in [5.41, 5.74) is 3.22. The molecule has 2 nitrogen and oxygen atoms in total. The molecule has 1 saturated heterocycles. The van der Waals surface area contributed by atoms with Crippen molar-refractivity contribution < 1.29 is 0 Å². The lowest BCUT2D eigenvalue weighted by Crippen LogP contribution is -2.44. The Morgan fingerprint density at radius 3 is 2.22 bits per heavy atom. The summed E-state index contributed by atoms with van der Waals surface area (Å²) >= 11 is 0. The molecule has 100 valence electrons. The average molecular weight is 246 g/mol. The van der Waals surface area contributed by atoms with Crippen molar-refractivity contribution in [3.8, 4) is 0 Å². The highest BCUT2D eigenvalue weighted by Gasteiger charge is 2.20. The van der Waals surface area contributed by atoms with Gasteiger partial charge >= 0.3 is 0 Å². The third-order valence-corrected chi connectivity index (χ3v) is 3.82. The van der Waals surface area contributed by atoms with Crippen molar-refractivity contribution in [3.05, 3.63) is 35.4 Å². The van der Waals surface area contributed by atoms with E-state index in [1.807, 2.05) is 0 Å². The van der Waals surface area contributed by atoms with Crippen LogP contribution in [-0.4, -0.2) is 43.0 Å². The summed E-state index contributed by atoms with van der Waals surface area (Å²) in [6, 6.07) is 8.90. The van der Waals surface area contributed by atoms with E-state index in [2.05, 4.69) is 61.9 Å². The van der Waals surface area contributed by atoms with Crippen LogP contribution in [0, 0.1) is 0 Å². The molecule has 0 radical (unpaired) electrons. The first-order valence-corrected chi connectivity index (χ1v) is 6.96. The van der Waals surface area contributed by atoms with Crippen molar-refractivity contribution in [2.24, 2.45) is 0 Å². The van der Waals surface area contributed by atoms with Gasteiger partial charge in [0.1, 0.15) is 0 Å². The maximum absolute atomic E-state index is 2.57. The number of benzene rings is 1. The van der Waals surface area contributed by atoms with Crippen LogP contribution >= 0.6 is 0 Å². The van der Waals surface area contributed by atoms with Crippen LogP contribution in [0.25, 0.3) is 0 Å². The molecule has 1 aliphatic heterocycles. The van der Waals surface area contributed by atoms with Gasteiger partial charge in [0.05, 0.1) is 0 Å². The van der Waals surface area contributed by atoms with Crippen molar-refractivity contribution in [1.29, 1.82) is 0 Å². The van der Waals surface area contributed by atoms with Crippen molar-refractivity contribution in [1.82, 2.24) is 9.80 Å². The standard InChI is InChI=1S/C16H26N2/c1-16(2,3)15-8-6-5-7-14(15)13-18-11-9-17(4)10-12-18/h5-8H,9-13H2,1-4H3. The third-order valence-electron chi connectivity index (χ3n) is 3.82. The van der Waals surface area contributed by atoms with E-state index in [0.717, 1.165) is 6.54 Å². The van der Waals surface area contributed by atoms with E-state index in [4.69, 9.17) is 0 Å². The first kappa shape index (κ1) is 13.6. The molecular weight excluding hydrogens is 220 g/mol. The quantitative estimate of drug-likeness (QED) is 0.791. The van der Waals surface area contributed by atoms with E-state index < -0.39 is 0 Å². The maximum atomic E-state index is 2.57. The summed E-state index contributed by atoms with van der Waals surface area (Å²) in [7, 11) is 2.21. The predicted molar refractivity (Wildman–Crippen MR) is 77.9 cm³/mol. The van der Waals surface area contributed by atoms with Crippen LogP contribution in [0.5, 0.6) is 0 Å². The molecule has 0 saturated carbocycles. The second kappa shape index (κ2) is 5.41. The Bertz CT molecular complexity index is 384. The van der Waals surface area contributed by atoms with Crippen LogP contribution in [0.3, 0.4) is 0 Å². The van der Waals surface area contributed by atoms with Crippen LogP contribution in [0.15, 0.2) is 24.3 Å². The molecule has 1 fully saturated rings. The van der Waals surface area contributed by atoms with Crippen LogP contribution in [-0.2, 0) is 12.0 Å². The van der Waals surface area contributed by atoms with Gasteiger partial charge in [0, 0.05) is 32.7 Å². The van der Waals surface area contributed by atoms with Crippen molar-refractivity contribution >= 4 is 0 Å². The highest BCUT2D eigenvalue weighted by molar-refractivity contribution is 5.32. The summed E-state index contributed by atoms with van der Waals surface area (Å²) in [6.45, 7) is 12.8. The summed E-state index contributed by atoms with van der Waals surface area (Å²) in [5, 5.41) is 0. The molecular formula is C16H26N2. The van der Waals surface area contributed by atoms with Crippen LogP contribution in [0.4, 0.5) is 0 Å². The van der Waals surface area contributed by atoms with Crippen LogP contribution in [0.2, 0.25) is 0 Å². The maximum Gasteiger partial charge on any atom is 0.0237 e. The second-order valence-corrected chi connectivity index (χ2v) is 6.49. The van der Waals surface area contributed by atoms with Crippen molar-refractivity contribution in [2.75, 3.05) is 33.2 Å². The molecule has 0 atom stereocenters. The number of nitrogens with zero attached hydrogens (tertiary/aromatic N) is 2. The van der Waals surface area contributed by atoms with E-state index in [0.29, 0.717) is 0 Å². The number of hydrogen-bond acceptors (Lipinski definition) is 2. The van der Waals surface area contributed by atoms with E-state index in [9.17, 15) is 0 Å². The lowest BCUT2D eigenvalue weighted by molar-refractivity contribution is 0.147. The number of piperazine rings is 1. The van der Waals surface area contributed by atoms with Gasteiger partial charge in [0.25, 0.3) is 0 Å². The zero-order valence-electron chi connectivity index (χ0n) is 12.2. The Kier molecular flexibility index (Phi) is 4.08. The summed E-state index contributed by atoms with van der Waals surface area (Å²) < 4.78 is 0. The first-order valence-electron chi connectivity index (χ1n) is 6.96. The molecule has 0 N–H and O–H groups in total. The normalized spacial score (nSPS) is 19.1. The molecule has 2 rings (SSSR count). The molecule has 18 heavy (non-hydrogen) atoms. The molecule has 0 aliphatic carbocycles. The lowest BCUT2D eigenvalue weighted by atomic mass is 9.83. The zero-order chi connectivity index (χ0) is 13.2. The van der Waals surface area contributed by atoms with E-state index in [-0.39, 0.29) is 5.41 Å². The Labute approximate surface area is 112 Å². The minimum atomic E-state index is 0.239. The lowest BCUT2D eigenvalue weighted by Gasteiger charge is -2.33. The minimum Gasteiger partial charge on any atom is -0.304 e. The Morgan fingerprint density at radius 1 is 1.00 bits per heavy atom. The molecule has 1 aromatic carbocycles.